The van der Waals surface area contributed by atoms with E-state index in [1.165, 1.54) is 34.3 Å². The van der Waals surface area contributed by atoms with Gasteiger partial charge in [0.25, 0.3) is 0 Å². The largest absolute Gasteiger partial charge is 0.507 e. The van der Waals surface area contributed by atoms with Gasteiger partial charge in [-0.2, -0.15) is 0 Å². The van der Waals surface area contributed by atoms with Crippen LogP contribution in [0.5, 0.6) is 23.0 Å². The number of methoxy groups -OCH3 is 3. The number of phenolic OH excluding ortho intramolecular Hbond substituents is 1. The molecule has 0 heterocycles. The van der Waals surface area contributed by atoms with Crippen molar-refractivity contribution in [3.8, 4) is 23.0 Å². The van der Waals surface area contributed by atoms with Crippen molar-refractivity contribution in [2.45, 2.75) is 70.4 Å². The molecule has 3 aliphatic rings. The number of nitrogens with one attached hydrogen (secondary N) is 2. The van der Waals surface area contributed by atoms with E-state index in [9.17, 15) is 34.5 Å². The zero-order chi connectivity index (χ0) is 38.5. The number of aromatic hydroxyl groups is 1. The molecule has 5 aromatic carbocycles. The van der Waals surface area contributed by atoms with Gasteiger partial charge in [0.05, 0.1) is 55.5 Å². The number of hydrogen-bond donors (Lipinski definition) is 5. The second kappa shape index (κ2) is 12.6. The summed E-state index contributed by atoms with van der Waals surface area (Å²) in [7, 11) is 4.25. The molecule has 54 heavy (non-hydrogen) atoms. The van der Waals surface area contributed by atoms with E-state index < -0.39 is 40.5 Å². The minimum atomic E-state index is -0.974. The minimum Gasteiger partial charge on any atom is -0.507 e. The number of benzene rings is 5. The fourth-order valence-corrected chi connectivity index (χ4v) is 9.64. The third-order valence-electron chi connectivity index (χ3n) is 11.9. The lowest BCUT2D eigenvalue weighted by atomic mass is 9.80. The van der Waals surface area contributed by atoms with E-state index in [1.807, 2.05) is 0 Å². The monoisotopic (exact) mass is 736 g/mol. The highest BCUT2D eigenvalue weighted by Gasteiger charge is 2.39. The Hall–Kier alpha value is -5.85. The van der Waals surface area contributed by atoms with E-state index >= 15 is 4.79 Å². The molecule has 0 bridgehead atoms. The number of aliphatic carboxylic acids is 2. The van der Waals surface area contributed by atoms with Crippen molar-refractivity contribution >= 4 is 78.3 Å². The van der Waals surface area contributed by atoms with Crippen LogP contribution in [0.1, 0.15) is 69.4 Å². The van der Waals surface area contributed by atoms with E-state index in [4.69, 9.17) is 14.2 Å². The van der Waals surface area contributed by atoms with Crippen molar-refractivity contribution in [3.05, 3.63) is 49.3 Å². The molecule has 13 heteroatoms. The van der Waals surface area contributed by atoms with Crippen LogP contribution in [0.15, 0.2) is 27.3 Å². The maximum atomic E-state index is 15.3. The van der Waals surface area contributed by atoms with Gasteiger partial charge < -0.3 is 40.2 Å². The van der Waals surface area contributed by atoms with Crippen LogP contribution >= 0.6 is 0 Å². The maximum Gasteiger partial charge on any atom is 0.306 e. The van der Waals surface area contributed by atoms with Gasteiger partial charge in [-0.15, -0.1) is 0 Å². The van der Waals surface area contributed by atoms with Crippen molar-refractivity contribution in [1.82, 2.24) is 0 Å². The topological polar surface area (TPSA) is 198 Å². The lowest BCUT2D eigenvalue weighted by Crippen LogP contribution is -2.24. The van der Waals surface area contributed by atoms with Crippen molar-refractivity contribution in [3.63, 3.8) is 0 Å². The lowest BCUT2D eigenvalue weighted by molar-refractivity contribution is -0.142. The second-order valence-electron chi connectivity index (χ2n) is 14.9. The van der Waals surface area contributed by atoms with Crippen LogP contribution in [0.25, 0.3) is 49.2 Å². The van der Waals surface area contributed by atoms with E-state index in [1.54, 1.807) is 19.1 Å². The number of hydrogen-bond acceptors (Lipinski definition) is 11. The summed E-state index contributed by atoms with van der Waals surface area (Å²) in [5.41, 5.74) is 0.878. The smallest absolute Gasteiger partial charge is 0.306 e. The summed E-state index contributed by atoms with van der Waals surface area (Å²) in [4.78, 5) is 67.4. The number of carboxylic acids is 2. The van der Waals surface area contributed by atoms with Gasteiger partial charge in [-0.25, -0.2) is 0 Å². The van der Waals surface area contributed by atoms with Crippen LogP contribution in [0.4, 0.5) is 11.4 Å². The SMILES string of the molecule is COc1c2c3c4c(c(NC5CCC(C(=O)O)C5)c(=O)c5c(NC6CCC(C(=O)O)C6)cc(OC)c(c6c(OC)cc(O)c(c1=O)c63)c54)C=C(C)C2C(C)=O. The molecule has 13 nitrogen and oxygen atoms in total. The highest BCUT2D eigenvalue weighted by Crippen LogP contribution is 2.56. The van der Waals surface area contributed by atoms with Gasteiger partial charge in [0.15, 0.2) is 5.75 Å². The summed E-state index contributed by atoms with van der Waals surface area (Å²) in [6.07, 6.45) is 4.36. The molecular weight excluding hydrogens is 696 g/mol. The third kappa shape index (κ3) is 4.93. The van der Waals surface area contributed by atoms with Crippen molar-refractivity contribution in [1.29, 1.82) is 0 Å². The van der Waals surface area contributed by atoms with Crippen LogP contribution in [0.3, 0.4) is 0 Å². The fourth-order valence-electron chi connectivity index (χ4n) is 9.64. The van der Waals surface area contributed by atoms with E-state index in [2.05, 4.69) is 10.6 Å². The Morgan fingerprint density at radius 1 is 0.704 bits per heavy atom. The van der Waals surface area contributed by atoms with E-state index in [-0.39, 0.29) is 51.6 Å². The van der Waals surface area contributed by atoms with Gasteiger partial charge in [-0.3, -0.25) is 24.0 Å². The first-order chi connectivity index (χ1) is 25.8. The molecular formula is C41H40N2O11. The van der Waals surface area contributed by atoms with Gasteiger partial charge in [-0.05, 0) is 57.8 Å². The van der Waals surface area contributed by atoms with Gasteiger partial charge in [0, 0.05) is 68.0 Å². The molecule has 5 N–H and O–H groups in total. The molecule has 0 aliphatic heterocycles. The Morgan fingerprint density at radius 3 is 1.81 bits per heavy atom. The van der Waals surface area contributed by atoms with Gasteiger partial charge in [-0.1, -0.05) is 11.6 Å². The van der Waals surface area contributed by atoms with Crippen molar-refractivity contribution in [2.75, 3.05) is 32.0 Å². The normalized spacial score (nSPS) is 22.2. The molecule has 0 spiro atoms. The number of Topliss-reactive ketones (excluding diaryl/α,β-unsaturated/α-hetero) is 1. The number of ketones is 1. The predicted octanol–water partition coefficient (Wildman–Crippen LogP) is 6.05. The number of rotatable bonds is 10. The quantitative estimate of drug-likeness (QED) is 0.0822. The predicted molar refractivity (Wildman–Crippen MR) is 205 cm³/mol. The number of carbonyl (C=O) groups excluding carboxylic acids is 1. The Bertz CT molecular complexity index is 2620. The minimum absolute atomic E-state index is 0.0521. The fraction of sp³-hybridized carbons (Fsp3) is 0.390. The van der Waals surface area contributed by atoms with Crippen LogP contribution in [0.2, 0.25) is 0 Å². The summed E-state index contributed by atoms with van der Waals surface area (Å²) < 4.78 is 17.8. The summed E-state index contributed by atoms with van der Waals surface area (Å²) in [6, 6.07) is 2.40. The number of phenols is 1. The molecule has 5 atom stereocenters. The third-order valence-corrected chi connectivity index (χ3v) is 11.9. The summed E-state index contributed by atoms with van der Waals surface area (Å²) in [5.74, 6) is -4.13. The highest BCUT2D eigenvalue weighted by molar-refractivity contribution is 6.40. The van der Waals surface area contributed by atoms with Gasteiger partial charge in [0.1, 0.15) is 23.0 Å². The van der Waals surface area contributed by atoms with Crippen molar-refractivity contribution in [2.24, 2.45) is 11.8 Å². The second-order valence-corrected chi connectivity index (χ2v) is 14.9. The molecule has 3 aliphatic carbocycles. The number of fused-ring (bicyclic) bond motifs is 1. The molecule has 5 aromatic rings. The van der Waals surface area contributed by atoms with Crippen LogP contribution in [0, 0.1) is 11.8 Å². The molecule has 2 saturated carbocycles. The maximum absolute atomic E-state index is 15.3. The first-order valence-electron chi connectivity index (χ1n) is 18.0. The number of ether oxygens (including phenoxy) is 3. The number of allylic oxidation sites excluding steroid dienone is 1. The first-order valence-corrected chi connectivity index (χ1v) is 18.0. The molecule has 5 unspecified atom stereocenters. The van der Waals surface area contributed by atoms with Crippen LogP contribution < -0.4 is 35.7 Å². The molecule has 0 radical (unpaired) electrons. The standard InChI is InChI=1S/C41H40N2O11/c1-15-10-21-27-32-28(37(46)36(21)43-20-9-7-18(12-20)41(50)51)22(42-19-8-6-17(11-19)40(48)49)13-24(52-3)30(32)31-25(53-4)14-23(45)29-34(31)33(27)35(26(15)16(2)44)39(54-5)38(29)47/h10,13-14,17-20,26,42-43,45H,6-9,11-12H2,1-5H3,(H,48,49)(H,50,51). The zero-order valence-electron chi connectivity index (χ0n) is 30.5. The first kappa shape index (κ1) is 35.2. The van der Waals surface area contributed by atoms with Crippen LogP contribution in [-0.4, -0.2) is 66.5 Å². The highest BCUT2D eigenvalue weighted by atomic mass is 16.5. The van der Waals surface area contributed by atoms with Gasteiger partial charge >= 0.3 is 11.9 Å². The van der Waals surface area contributed by atoms with E-state index in [0.29, 0.717) is 99.0 Å². The summed E-state index contributed by atoms with van der Waals surface area (Å²) in [6.45, 7) is 3.18. The molecule has 280 valence electrons. The molecule has 2 fully saturated rings. The molecule has 0 saturated heterocycles. The Morgan fingerprint density at radius 2 is 1.28 bits per heavy atom. The number of anilines is 2. The summed E-state index contributed by atoms with van der Waals surface area (Å²) in [5, 5.41) is 40.8. The average molecular weight is 737 g/mol. The Balaban J connectivity index is 1.62. The Kier molecular flexibility index (Phi) is 8.23. The van der Waals surface area contributed by atoms with Crippen molar-refractivity contribution < 1.29 is 43.9 Å². The number of carbonyl (C=O) groups is 3. The Labute approximate surface area is 308 Å². The van der Waals surface area contributed by atoms with Gasteiger partial charge in [0.2, 0.25) is 10.9 Å². The molecule has 0 aromatic heterocycles. The number of carboxylic acid groups (broad SMARTS) is 2. The molecule has 8 rings (SSSR count). The average Bonchev–Trinajstić information content (AvgIpc) is 3.78. The van der Waals surface area contributed by atoms with Crippen LogP contribution in [-0.2, 0) is 14.4 Å². The van der Waals surface area contributed by atoms with E-state index in [0.717, 1.165) is 0 Å². The molecule has 0 amide bonds. The zero-order valence-corrected chi connectivity index (χ0v) is 30.5. The summed E-state index contributed by atoms with van der Waals surface area (Å²) >= 11 is 0. The lowest BCUT2D eigenvalue weighted by Gasteiger charge is -2.26.